The maximum atomic E-state index is 13.7. The molecule has 1 aromatic heterocycles. The summed E-state index contributed by atoms with van der Waals surface area (Å²) in [4.78, 5) is 34.0. The molecule has 120 valence electrons. The van der Waals surface area contributed by atoms with Gasteiger partial charge < -0.3 is 24.4 Å². The summed E-state index contributed by atoms with van der Waals surface area (Å²) in [6.45, 7) is 1.17. The van der Waals surface area contributed by atoms with Crippen LogP contribution in [-0.2, 0) is 20.9 Å². The first-order valence-corrected chi connectivity index (χ1v) is 6.69. The van der Waals surface area contributed by atoms with Gasteiger partial charge in [0.15, 0.2) is 18.1 Å². The van der Waals surface area contributed by atoms with Gasteiger partial charge in [0.25, 0.3) is 0 Å². The van der Waals surface area contributed by atoms with Crippen LogP contribution >= 0.6 is 0 Å². The number of hydrogen-bond acceptors (Lipinski definition) is 7. The van der Waals surface area contributed by atoms with Crippen LogP contribution in [0.5, 0.6) is 0 Å². The largest absolute Gasteiger partial charge is 0.519 e. The molecule has 0 bridgehead atoms. The van der Waals surface area contributed by atoms with Gasteiger partial charge in [0.05, 0.1) is 5.92 Å². The van der Waals surface area contributed by atoms with Gasteiger partial charge in [0.1, 0.15) is 11.7 Å². The molecule has 22 heavy (non-hydrogen) atoms. The molecular weight excluding hydrogens is 301 g/mol. The zero-order valence-corrected chi connectivity index (χ0v) is 11.6. The fourth-order valence-electron chi connectivity index (χ4n) is 3.30. The summed E-state index contributed by atoms with van der Waals surface area (Å²) in [6.07, 6.45) is -1.76. The molecule has 8 nitrogen and oxygen atoms in total. The lowest BCUT2D eigenvalue weighted by atomic mass is 9.90. The van der Waals surface area contributed by atoms with Gasteiger partial charge in [-0.15, -0.1) is 0 Å². The molecule has 5 atom stereocenters. The molecule has 0 spiro atoms. The van der Waals surface area contributed by atoms with Gasteiger partial charge in [-0.2, -0.15) is 0 Å². The summed E-state index contributed by atoms with van der Waals surface area (Å²) < 4.78 is 28.0. The molecule has 0 aromatic carbocycles. The highest BCUT2D eigenvalue weighted by Crippen LogP contribution is 2.62. The van der Waals surface area contributed by atoms with E-state index >= 15 is 0 Å². The van der Waals surface area contributed by atoms with Gasteiger partial charge in [0, 0.05) is 5.92 Å². The lowest BCUT2D eigenvalue weighted by Gasteiger charge is -2.25. The summed E-state index contributed by atoms with van der Waals surface area (Å²) in [6, 6.07) is 0. The molecule has 2 saturated carbocycles. The van der Waals surface area contributed by atoms with E-state index in [1.807, 2.05) is 0 Å². The molecule has 2 aliphatic rings. The van der Waals surface area contributed by atoms with Crippen LogP contribution in [0, 0.1) is 24.7 Å². The summed E-state index contributed by atoms with van der Waals surface area (Å²) in [7, 11) is 0. The summed E-state index contributed by atoms with van der Waals surface area (Å²) >= 11 is 0. The molecule has 3 N–H and O–H groups in total. The second-order valence-corrected chi connectivity index (χ2v) is 5.70. The van der Waals surface area contributed by atoms with E-state index in [1.165, 1.54) is 6.92 Å². The molecule has 0 unspecified atom stereocenters. The van der Waals surface area contributed by atoms with E-state index in [0.29, 0.717) is 0 Å². The number of aryl methyl sites for hydroxylation is 1. The Balaban J connectivity index is 1.65. The van der Waals surface area contributed by atoms with Crippen molar-refractivity contribution < 1.29 is 32.7 Å². The Bertz CT molecular complexity index is 695. The van der Waals surface area contributed by atoms with Crippen molar-refractivity contribution in [3.63, 3.8) is 0 Å². The Morgan fingerprint density at radius 2 is 2.18 bits per heavy atom. The smallest absolute Gasteiger partial charge is 0.480 e. The Morgan fingerprint density at radius 1 is 1.50 bits per heavy atom. The Labute approximate surface area is 123 Å². The highest BCUT2D eigenvalue weighted by atomic mass is 19.1. The SMILES string of the molecule is Cc1oc(=O)oc1COC(=O)[C@H]1[C@@H]2C[C@H](F)[C@@](N)(C(=O)O)[C@@H]21. The topological polar surface area (TPSA) is 133 Å². The minimum Gasteiger partial charge on any atom is -0.480 e. The Hall–Kier alpha value is -2.16. The molecule has 9 heteroatoms. The number of hydrogen-bond donors (Lipinski definition) is 2. The van der Waals surface area contributed by atoms with Crippen LogP contribution in [0.1, 0.15) is 17.9 Å². The van der Waals surface area contributed by atoms with Gasteiger partial charge in [-0.25, -0.2) is 9.18 Å². The number of carbonyl (C=O) groups excluding carboxylic acids is 1. The van der Waals surface area contributed by atoms with Crippen LogP contribution in [0.4, 0.5) is 4.39 Å². The molecule has 3 rings (SSSR count). The van der Waals surface area contributed by atoms with E-state index in [4.69, 9.17) is 15.6 Å². The van der Waals surface area contributed by atoms with Crippen molar-refractivity contribution >= 4 is 11.9 Å². The summed E-state index contributed by atoms with van der Waals surface area (Å²) in [5, 5.41) is 9.11. The van der Waals surface area contributed by atoms with E-state index in [2.05, 4.69) is 8.83 Å². The number of esters is 1. The normalized spacial score (nSPS) is 36.0. The third-order valence-corrected chi connectivity index (χ3v) is 4.54. The number of fused-ring (bicyclic) bond motifs is 1. The van der Waals surface area contributed by atoms with Crippen molar-refractivity contribution in [2.75, 3.05) is 0 Å². The highest BCUT2D eigenvalue weighted by Gasteiger charge is 2.74. The number of rotatable bonds is 4. The number of ether oxygens (including phenoxy) is 1. The van der Waals surface area contributed by atoms with E-state index < -0.39 is 47.2 Å². The average molecular weight is 315 g/mol. The predicted molar refractivity (Wildman–Crippen MR) is 66.3 cm³/mol. The van der Waals surface area contributed by atoms with E-state index in [9.17, 15) is 18.8 Å². The monoisotopic (exact) mass is 315 g/mol. The second kappa shape index (κ2) is 4.67. The van der Waals surface area contributed by atoms with Gasteiger partial charge in [-0.1, -0.05) is 0 Å². The van der Waals surface area contributed by atoms with E-state index in [-0.39, 0.29) is 24.5 Å². The second-order valence-electron chi connectivity index (χ2n) is 5.70. The standard InChI is InChI=1S/C13H14FNO7/c1-4-6(22-12(19)21-4)3-20-10(16)8-5-2-7(14)13(15,9(5)8)11(17)18/h5,7-9H,2-3,15H2,1H3,(H,17,18)/t5-,7-,8-,9-,13-/m0/s1. The molecule has 1 aromatic rings. The third-order valence-electron chi connectivity index (χ3n) is 4.54. The van der Waals surface area contributed by atoms with Gasteiger partial charge >= 0.3 is 17.8 Å². The molecule has 0 aliphatic heterocycles. The van der Waals surface area contributed by atoms with Crippen molar-refractivity contribution in [2.24, 2.45) is 23.5 Å². The first-order chi connectivity index (χ1) is 10.3. The Morgan fingerprint density at radius 3 is 2.73 bits per heavy atom. The van der Waals surface area contributed by atoms with Crippen molar-refractivity contribution in [1.29, 1.82) is 0 Å². The molecule has 2 fully saturated rings. The first-order valence-electron chi connectivity index (χ1n) is 6.69. The number of carbonyl (C=O) groups is 2. The van der Waals surface area contributed by atoms with Crippen LogP contribution in [-0.4, -0.2) is 28.8 Å². The fraction of sp³-hybridized carbons (Fsp3) is 0.615. The maximum absolute atomic E-state index is 13.7. The number of halogens is 1. The molecule has 0 saturated heterocycles. The quantitative estimate of drug-likeness (QED) is 0.740. The summed E-state index contributed by atoms with van der Waals surface area (Å²) in [5.41, 5.74) is 3.59. The fourth-order valence-corrected chi connectivity index (χ4v) is 3.30. The van der Waals surface area contributed by atoms with Gasteiger partial charge in [0.2, 0.25) is 0 Å². The maximum Gasteiger partial charge on any atom is 0.519 e. The molecule has 2 aliphatic carbocycles. The highest BCUT2D eigenvalue weighted by molar-refractivity contribution is 5.86. The van der Waals surface area contributed by atoms with Crippen LogP contribution in [0.25, 0.3) is 0 Å². The van der Waals surface area contributed by atoms with Crippen molar-refractivity contribution in [3.8, 4) is 0 Å². The average Bonchev–Trinajstić information content (AvgIpc) is 2.96. The minimum atomic E-state index is -2.05. The molecule has 0 radical (unpaired) electrons. The number of carboxylic acids is 1. The van der Waals surface area contributed by atoms with Crippen LogP contribution in [0.15, 0.2) is 13.6 Å². The van der Waals surface area contributed by atoms with Crippen LogP contribution in [0.3, 0.4) is 0 Å². The van der Waals surface area contributed by atoms with E-state index in [1.54, 1.807) is 0 Å². The third kappa shape index (κ3) is 1.96. The zero-order valence-electron chi connectivity index (χ0n) is 11.6. The van der Waals surface area contributed by atoms with Crippen LogP contribution < -0.4 is 11.6 Å². The Kier molecular flexibility index (Phi) is 3.13. The summed E-state index contributed by atoms with van der Waals surface area (Å²) in [5.74, 6) is -4.72. The number of nitrogens with two attached hydrogens (primary N) is 1. The van der Waals surface area contributed by atoms with Crippen molar-refractivity contribution in [1.82, 2.24) is 0 Å². The first kappa shape index (κ1) is 14.8. The molecule has 0 amide bonds. The number of carboxylic acid groups (broad SMARTS) is 1. The number of aliphatic carboxylic acids is 1. The molecule has 1 heterocycles. The minimum absolute atomic E-state index is 0.0739. The van der Waals surface area contributed by atoms with E-state index in [0.717, 1.165) is 0 Å². The number of alkyl halides is 1. The lowest BCUT2D eigenvalue weighted by Crippen LogP contribution is -2.56. The predicted octanol–water partition coefficient (Wildman–Crippen LogP) is -0.0295. The van der Waals surface area contributed by atoms with Crippen molar-refractivity contribution in [3.05, 3.63) is 22.1 Å². The zero-order chi connectivity index (χ0) is 16.2. The van der Waals surface area contributed by atoms with Crippen molar-refractivity contribution in [2.45, 2.75) is 31.7 Å². The van der Waals surface area contributed by atoms with Gasteiger partial charge in [-0.3, -0.25) is 9.59 Å². The van der Waals surface area contributed by atoms with Crippen LogP contribution in [0.2, 0.25) is 0 Å². The lowest BCUT2D eigenvalue weighted by molar-refractivity contribution is -0.151. The van der Waals surface area contributed by atoms with Gasteiger partial charge in [-0.05, 0) is 19.3 Å². The molecular formula is C13H14FNO7.